The number of benzene rings is 3. The Morgan fingerprint density at radius 1 is 0.673 bits per heavy atom. The summed E-state index contributed by atoms with van der Waals surface area (Å²) in [4.78, 5) is 3.38. The predicted octanol–water partition coefficient (Wildman–Crippen LogP) is 13.4. The molecule has 4 heterocycles. The predicted molar refractivity (Wildman–Crippen MR) is 201 cm³/mol. The van der Waals surface area contributed by atoms with Gasteiger partial charge in [0.05, 0.1) is 22.5 Å². The minimum atomic E-state index is -0.227. The molecule has 3 aromatic heterocycles. The number of thiophene rings is 2. The summed E-state index contributed by atoms with van der Waals surface area (Å²) < 4.78 is 45.6. The van der Waals surface area contributed by atoms with Crippen LogP contribution >= 0.6 is 22.7 Å². The topological polar surface area (TPSA) is 63.6 Å². The number of rotatable bonds is 13. The molecule has 0 N–H and O–H groups in total. The average Bonchev–Trinajstić information content (AvgIpc) is 3.93. The zero-order chi connectivity index (χ0) is 34.1. The van der Waals surface area contributed by atoms with E-state index in [0.29, 0.717) is 45.4 Å². The maximum absolute atomic E-state index is 15.6. The molecule has 7 rings (SSSR count). The SMILES string of the molecule is CCCCC(CC)Cc1ccc(-c2ccc(-c3c4c(c(-c5ccc(-c6ccc(CC(C)CC)cc6F)s5)c5nonc35)N=S=N4)s2)c(F)c1. The molecule has 6 aromatic rings. The molecule has 2 unspecified atom stereocenters. The van der Waals surface area contributed by atoms with E-state index in [1.165, 1.54) is 41.9 Å². The molecule has 252 valence electrons. The van der Waals surface area contributed by atoms with Crippen LogP contribution < -0.4 is 0 Å². The van der Waals surface area contributed by atoms with Gasteiger partial charge in [0.15, 0.2) is 0 Å². The molecule has 1 aliphatic rings. The lowest BCUT2D eigenvalue weighted by Crippen LogP contribution is -2.03. The Balaban J connectivity index is 1.21. The number of hydrogen-bond donors (Lipinski definition) is 0. The summed E-state index contributed by atoms with van der Waals surface area (Å²) in [6.07, 6.45) is 7.46. The van der Waals surface area contributed by atoms with Crippen LogP contribution in [0.4, 0.5) is 20.2 Å². The maximum Gasteiger partial charge on any atom is 0.146 e. The first-order valence-electron chi connectivity index (χ1n) is 17.1. The van der Waals surface area contributed by atoms with Crippen molar-refractivity contribution in [2.45, 2.75) is 72.6 Å². The number of aromatic nitrogens is 2. The molecular weight excluding hydrogens is 675 g/mol. The third-order valence-corrected chi connectivity index (χ3v) is 12.4. The van der Waals surface area contributed by atoms with Gasteiger partial charge in [0, 0.05) is 30.6 Å². The van der Waals surface area contributed by atoms with E-state index in [1.807, 2.05) is 42.5 Å². The highest BCUT2D eigenvalue weighted by atomic mass is 32.1. The number of nitrogens with zero attached hydrogens (tertiary/aromatic N) is 4. The highest BCUT2D eigenvalue weighted by molar-refractivity contribution is 7.58. The third kappa shape index (κ3) is 6.70. The van der Waals surface area contributed by atoms with E-state index in [-0.39, 0.29) is 11.6 Å². The van der Waals surface area contributed by atoms with Crippen molar-refractivity contribution in [2.24, 2.45) is 20.6 Å². The van der Waals surface area contributed by atoms with E-state index in [2.05, 4.69) is 44.1 Å². The van der Waals surface area contributed by atoms with E-state index in [9.17, 15) is 0 Å². The van der Waals surface area contributed by atoms with Crippen LogP contribution in [0.3, 0.4) is 0 Å². The fourth-order valence-electron chi connectivity index (χ4n) is 6.55. The summed E-state index contributed by atoms with van der Waals surface area (Å²) in [7, 11) is 0. The molecule has 0 aliphatic carbocycles. The Morgan fingerprint density at radius 3 is 1.69 bits per heavy atom. The molecule has 3 aromatic carbocycles. The zero-order valence-electron chi connectivity index (χ0n) is 28.1. The molecule has 0 fully saturated rings. The summed E-state index contributed by atoms with van der Waals surface area (Å²) in [6.45, 7) is 8.76. The van der Waals surface area contributed by atoms with E-state index in [0.717, 1.165) is 78.8 Å². The standard InChI is InChI=1S/C39H38F2N4OS3/c1-5-8-9-23(7-3)19-25-11-13-27(29(41)21-25)31-15-17-33(48-31)35-37-36(42-46-43-37)34(38-39(35)45-49-44-38)32-16-14-30(47-32)26-12-10-24(20-28(26)40)18-22(4)6-2/h10-17,20-23H,5-9,18-19H2,1-4H3. The van der Waals surface area contributed by atoms with Crippen molar-refractivity contribution in [3.8, 4) is 41.8 Å². The van der Waals surface area contributed by atoms with Crippen LogP contribution in [0.1, 0.15) is 70.9 Å². The molecule has 49 heavy (non-hydrogen) atoms. The fraction of sp³-hybridized carbons (Fsp3) is 0.333. The van der Waals surface area contributed by atoms with Crippen LogP contribution in [-0.4, -0.2) is 10.3 Å². The monoisotopic (exact) mass is 712 g/mol. The van der Waals surface area contributed by atoms with E-state index in [4.69, 9.17) is 13.4 Å². The first kappa shape index (κ1) is 33.6. The third-order valence-electron chi connectivity index (χ3n) is 9.58. The normalized spacial score (nSPS) is 13.6. The van der Waals surface area contributed by atoms with Crippen molar-refractivity contribution in [1.82, 2.24) is 10.3 Å². The zero-order valence-corrected chi connectivity index (χ0v) is 30.5. The van der Waals surface area contributed by atoms with Crippen molar-refractivity contribution in [3.63, 3.8) is 0 Å². The van der Waals surface area contributed by atoms with Gasteiger partial charge < -0.3 is 0 Å². The highest BCUT2D eigenvalue weighted by Crippen LogP contribution is 2.54. The van der Waals surface area contributed by atoms with Gasteiger partial charge in [-0.1, -0.05) is 84.1 Å². The quantitative estimate of drug-likeness (QED) is 0.120. The molecule has 2 atom stereocenters. The molecule has 0 bridgehead atoms. The second kappa shape index (κ2) is 14.5. The van der Waals surface area contributed by atoms with Crippen LogP contribution in [0.5, 0.6) is 0 Å². The Morgan fingerprint density at radius 2 is 1.20 bits per heavy atom. The number of fused-ring (bicyclic) bond motifs is 2. The van der Waals surface area contributed by atoms with Crippen LogP contribution in [0.15, 0.2) is 74.0 Å². The van der Waals surface area contributed by atoms with Gasteiger partial charge in [0.1, 0.15) is 34.0 Å². The van der Waals surface area contributed by atoms with Crippen LogP contribution in [-0.2, 0) is 24.2 Å². The van der Waals surface area contributed by atoms with Gasteiger partial charge in [-0.3, -0.25) is 0 Å². The van der Waals surface area contributed by atoms with Gasteiger partial charge in [-0.05, 0) is 82.5 Å². The Hall–Kier alpha value is -3.86. The largest absolute Gasteiger partial charge is 0.243 e. The molecule has 0 radical (unpaired) electrons. The van der Waals surface area contributed by atoms with Gasteiger partial charge in [-0.25, -0.2) is 13.4 Å². The molecule has 0 spiro atoms. The molecule has 10 heteroatoms. The minimum absolute atomic E-state index is 0.213. The van der Waals surface area contributed by atoms with Crippen molar-refractivity contribution in [3.05, 3.63) is 83.4 Å². The summed E-state index contributed by atoms with van der Waals surface area (Å²) in [5, 5.41) is 8.65. The molecule has 1 aliphatic heterocycles. The second-order valence-corrected chi connectivity index (χ2v) is 15.7. The molecule has 0 saturated heterocycles. The lowest BCUT2D eigenvalue weighted by Gasteiger charge is -2.15. The number of hydrogen-bond acceptors (Lipinski definition) is 7. The first-order valence-corrected chi connectivity index (χ1v) is 19.4. The Bertz CT molecular complexity index is 2210. The lowest BCUT2D eigenvalue weighted by molar-refractivity contribution is 0.315. The molecule has 0 saturated carbocycles. The highest BCUT2D eigenvalue weighted by Gasteiger charge is 2.29. The smallest absolute Gasteiger partial charge is 0.146 e. The van der Waals surface area contributed by atoms with Gasteiger partial charge in [-0.15, -0.1) is 22.7 Å². The van der Waals surface area contributed by atoms with Crippen molar-refractivity contribution in [1.29, 1.82) is 0 Å². The molecular formula is C39H38F2N4OS3. The van der Waals surface area contributed by atoms with Crippen molar-refractivity contribution in [2.75, 3.05) is 0 Å². The van der Waals surface area contributed by atoms with Crippen LogP contribution in [0, 0.1) is 23.5 Å². The number of unbranched alkanes of at least 4 members (excludes halogenated alkanes) is 1. The Labute approximate surface area is 297 Å². The lowest BCUT2D eigenvalue weighted by atomic mass is 9.91. The minimum Gasteiger partial charge on any atom is -0.243 e. The first-order chi connectivity index (χ1) is 23.9. The summed E-state index contributed by atoms with van der Waals surface area (Å²) in [5.41, 5.74) is 7.20. The number of halogens is 2. The van der Waals surface area contributed by atoms with Gasteiger partial charge in [0.2, 0.25) is 0 Å². The second-order valence-electron chi connectivity index (χ2n) is 13.0. The molecule has 0 amide bonds. The summed E-state index contributed by atoms with van der Waals surface area (Å²) in [5.74, 6) is 0.633. The van der Waals surface area contributed by atoms with E-state index in [1.54, 1.807) is 12.1 Å². The summed E-state index contributed by atoms with van der Waals surface area (Å²) in [6, 6.07) is 19.0. The van der Waals surface area contributed by atoms with Gasteiger partial charge in [0.25, 0.3) is 0 Å². The van der Waals surface area contributed by atoms with Crippen molar-refractivity contribution >= 4 is 56.4 Å². The van der Waals surface area contributed by atoms with Gasteiger partial charge >= 0.3 is 0 Å². The van der Waals surface area contributed by atoms with Crippen LogP contribution in [0.2, 0.25) is 0 Å². The average molecular weight is 713 g/mol. The van der Waals surface area contributed by atoms with E-state index >= 15 is 8.78 Å². The van der Waals surface area contributed by atoms with Gasteiger partial charge in [-0.2, -0.15) is 8.73 Å². The molecule has 5 nitrogen and oxygen atoms in total. The fourth-order valence-corrected chi connectivity index (χ4v) is 9.27. The maximum atomic E-state index is 15.6. The Kier molecular flexibility index (Phi) is 9.99. The van der Waals surface area contributed by atoms with Crippen molar-refractivity contribution < 1.29 is 13.4 Å². The van der Waals surface area contributed by atoms with Crippen LogP contribution in [0.25, 0.3) is 52.8 Å². The summed E-state index contributed by atoms with van der Waals surface area (Å²) >= 11 is 4.08. The van der Waals surface area contributed by atoms with E-state index < -0.39 is 0 Å².